The normalized spacial score (nSPS) is 11.1. The molecule has 0 bridgehead atoms. The highest BCUT2D eigenvalue weighted by Gasteiger charge is 2.21. The number of carbonyl (C=O) groups is 2. The van der Waals surface area contributed by atoms with Crippen LogP contribution in [0.4, 0.5) is 5.69 Å². The second-order valence-electron chi connectivity index (χ2n) is 7.12. The van der Waals surface area contributed by atoms with E-state index in [4.69, 9.17) is 21.4 Å². The average Bonchev–Trinajstić information content (AvgIpc) is 2.57. The van der Waals surface area contributed by atoms with Gasteiger partial charge in [-0.1, -0.05) is 38.4 Å². The molecule has 0 aliphatic rings. The molecular weight excluding hydrogens is 386 g/mol. The van der Waals surface area contributed by atoms with Crippen molar-refractivity contribution in [1.29, 1.82) is 0 Å². The summed E-state index contributed by atoms with van der Waals surface area (Å²) in [5.74, 6) is 0.267. The Morgan fingerprint density at radius 1 is 1.15 bits per heavy atom. The van der Waals surface area contributed by atoms with Crippen LogP contribution in [0.5, 0.6) is 11.5 Å². The minimum atomic E-state index is -0.932. The van der Waals surface area contributed by atoms with Crippen molar-refractivity contribution in [2.24, 2.45) is 5.41 Å². The van der Waals surface area contributed by atoms with Crippen molar-refractivity contribution in [2.75, 3.05) is 5.32 Å². The zero-order valence-corrected chi connectivity index (χ0v) is 17.0. The molecule has 2 aromatic rings. The fourth-order valence-electron chi connectivity index (χ4n) is 2.23. The van der Waals surface area contributed by atoms with Crippen LogP contribution >= 0.6 is 24.2 Å². The van der Waals surface area contributed by atoms with E-state index in [1.165, 1.54) is 0 Å². The molecule has 27 heavy (non-hydrogen) atoms. The van der Waals surface area contributed by atoms with Gasteiger partial charge in [-0.25, -0.2) is 0 Å². The van der Waals surface area contributed by atoms with Crippen LogP contribution < -0.4 is 10.1 Å². The summed E-state index contributed by atoms with van der Waals surface area (Å²) in [5.41, 5.74) is 1.50. The number of benzene rings is 2. The summed E-state index contributed by atoms with van der Waals surface area (Å²) in [4.78, 5) is 23.1. The first kappa shape index (κ1) is 21.1. The van der Waals surface area contributed by atoms with Gasteiger partial charge in [0.1, 0.15) is 11.5 Å². The number of halogens is 1. The summed E-state index contributed by atoms with van der Waals surface area (Å²) in [7, 11) is 0. The van der Waals surface area contributed by atoms with Gasteiger partial charge in [-0.2, -0.15) is 12.6 Å². The highest BCUT2D eigenvalue weighted by molar-refractivity contribution is 7.79. The molecule has 0 unspecified atom stereocenters. The van der Waals surface area contributed by atoms with Crippen LogP contribution in [0.3, 0.4) is 0 Å². The molecule has 2 aromatic carbocycles. The van der Waals surface area contributed by atoms with Crippen molar-refractivity contribution in [3.63, 3.8) is 0 Å². The minimum absolute atomic E-state index is 0.0919. The molecule has 2 N–H and O–H groups in total. The van der Waals surface area contributed by atoms with E-state index < -0.39 is 11.4 Å². The number of ether oxygens (including phenoxy) is 1. The SMILES string of the molecule is CC(C)(C)C(=O)Nc1ccc(Oc2cc(CC(=O)O)ccc2Cl)c(CS)c1. The van der Waals surface area contributed by atoms with E-state index in [-0.39, 0.29) is 12.3 Å². The van der Waals surface area contributed by atoms with Crippen molar-refractivity contribution in [2.45, 2.75) is 32.9 Å². The molecule has 0 saturated carbocycles. The van der Waals surface area contributed by atoms with Gasteiger partial charge in [-0.3, -0.25) is 9.59 Å². The lowest BCUT2D eigenvalue weighted by molar-refractivity contribution is -0.136. The standard InChI is InChI=1S/C20H22ClNO4S/c1-20(2,3)19(25)22-14-5-7-16(13(10-14)11-27)26-17-8-12(9-18(23)24)4-6-15(17)21/h4-8,10,27H,9,11H2,1-3H3,(H,22,25)(H,23,24). The van der Waals surface area contributed by atoms with Crippen LogP contribution in [0.15, 0.2) is 36.4 Å². The number of nitrogens with one attached hydrogen (secondary N) is 1. The Hall–Kier alpha value is -2.18. The first-order valence-electron chi connectivity index (χ1n) is 8.33. The van der Waals surface area contributed by atoms with Gasteiger partial charge in [0.25, 0.3) is 0 Å². The molecule has 0 aliphatic heterocycles. The number of carboxylic acid groups (broad SMARTS) is 1. The quantitative estimate of drug-likeness (QED) is 0.577. The Bertz CT molecular complexity index is 862. The van der Waals surface area contributed by atoms with Gasteiger partial charge in [0, 0.05) is 22.4 Å². The lowest BCUT2D eigenvalue weighted by Gasteiger charge is -2.19. The lowest BCUT2D eigenvalue weighted by Crippen LogP contribution is -2.27. The molecule has 0 heterocycles. The molecule has 0 spiro atoms. The molecule has 0 fully saturated rings. The van der Waals surface area contributed by atoms with E-state index in [0.29, 0.717) is 33.5 Å². The number of carboxylic acids is 1. The van der Waals surface area contributed by atoms with Crippen LogP contribution in [-0.4, -0.2) is 17.0 Å². The van der Waals surface area contributed by atoms with Gasteiger partial charge in [0.15, 0.2) is 0 Å². The summed E-state index contributed by atoms with van der Waals surface area (Å²) >= 11 is 10.5. The van der Waals surface area contributed by atoms with Gasteiger partial charge in [-0.15, -0.1) is 0 Å². The average molecular weight is 408 g/mol. The monoisotopic (exact) mass is 407 g/mol. The highest BCUT2D eigenvalue weighted by Crippen LogP contribution is 2.34. The molecule has 5 nitrogen and oxygen atoms in total. The fourth-order valence-corrected chi connectivity index (χ4v) is 2.63. The van der Waals surface area contributed by atoms with E-state index in [2.05, 4.69) is 17.9 Å². The number of rotatable bonds is 6. The molecular formula is C20H22ClNO4S. The smallest absolute Gasteiger partial charge is 0.307 e. The third kappa shape index (κ3) is 5.91. The molecule has 0 aromatic heterocycles. The predicted octanol–water partition coefficient (Wildman–Crippen LogP) is 5.17. The van der Waals surface area contributed by atoms with Crippen molar-refractivity contribution < 1.29 is 19.4 Å². The summed E-state index contributed by atoms with van der Waals surface area (Å²) in [5, 5.41) is 12.2. The molecule has 7 heteroatoms. The highest BCUT2D eigenvalue weighted by atomic mass is 35.5. The van der Waals surface area contributed by atoms with E-state index in [0.717, 1.165) is 5.56 Å². The maximum absolute atomic E-state index is 12.2. The number of carbonyl (C=O) groups excluding carboxylic acids is 1. The first-order chi connectivity index (χ1) is 12.6. The first-order valence-corrected chi connectivity index (χ1v) is 9.34. The third-order valence-corrected chi connectivity index (χ3v) is 4.39. The van der Waals surface area contributed by atoms with Crippen molar-refractivity contribution in [3.05, 3.63) is 52.5 Å². The number of aliphatic carboxylic acids is 1. The van der Waals surface area contributed by atoms with Gasteiger partial charge in [0.05, 0.1) is 11.4 Å². The Labute approximate surface area is 169 Å². The van der Waals surface area contributed by atoms with E-state index in [1.54, 1.807) is 36.4 Å². The van der Waals surface area contributed by atoms with E-state index >= 15 is 0 Å². The van der Waals surface area contributed by atoms with E-state index in [9.17, 15) is 9.59 Å². The molecule has 144 valence electrons. The van der Waals surface area contributed by atoms with Crippen LogP contribution in [0.1, 0.15) is 31.9 Å². The summed E-state index contributed by atoms with van der Waals surface area (Å²) in [6.45, 7) is 5.52. The number of amides is 1. The third-order valence-electron chi connectivity index (χ3n) is 3.74. The Morgan fingerprint density at radius 2 is 1.85 bits per heavy atom. The second kappa shape index (κ2) is 8.67. The minimum Gasteiger partial charge on any atom is -0.481 e. The topological polar surface area (TPSA) is 75.6 Å². The van der Waals surface area contributed by atoms with E-state index in [1.807, 2.05) is 20.8 Å². The van der Waals surface area contributed by atoms with Crippen molar-refractivity contribution >= 4 is 41.8 Å². The molecule has 0 saturated heterocycles. The van der Waals surface area contributed by atoms with Crippen molar-refractivity contribution in [1.82, 2.24) is 0 Å². The lowest BCUT2D eigenvalue weighted by atomic mass is 9.95. The van der Waals surface area contributed by atoms with Crippen LogP contribution in [0.25, 0.3) is 0 Å². The summed E-state index contributed by atoms with van der Waals surface area (Å²) < 4.78 is 5.89. The van der Waals surface area contributed by atoms with Crippen LogP contribution in [-0.2, 0) is 21.8 Å². The van der Waals surface area contributed by atoms with Crippen LogP contribution in [0, 0.1) is 5.41 Å². The fraction of sp³-hybridized carbons (Fsp3) is 0.300. The van der Waals surface area contributed by atoms with Gasteiger partial charge in [-0.05, 0) is 35.9 Å². The number of hydrogen-bond donors (Lipinski definition) is 3. The molecule has 0 radical (unpaired) electrons. The number of thiol groups is 1. The zero-order valence-electron chi connectivity index (χ0n) is 15.4. The zero-order chi connectivity index (χ0) is 20.2. The largest absolute Gasteiger partial charge is 0.481 e. The van der Waals surface area contributed by atoms with Gasteiger partial charge < -0.3 is 15.2 Å². The molecule has 0 atom stereocenters. The van der Waals surface area contributed by atoms with Gasteiger partial charge in [0.2, 0.25) is 5.91 Å². The Morgan fingerprint density at radius 3 is 2.44 bits per heavy atom. The summed E-state index contributed by atoms with van der Waals surface area (Å²) in [6.07, 6.45) is -0.120. The predicted molar refractivity (Wildman–Crippen MR) is 110 cm³/mol. The molecule has 2 rings (SSSR count). The maximum Gasteiger partial charge on any atom is 0.307 e. The number of anilines is 1. The Balaban J connectivity index is 2.27. The Kier molecular flexibility index (Phi) is 6.78. The summed E-state index contributed by atoms with van der Waals surface area (Å²) in [6, 6.07) is 10.1. The molecule has 1 amide bonds. The molecule has 0 aliphatic carbocycles. The van der Waals surface area contributed by atoms with Crippen LogP contribution in [0.2, 0.25) is 5.02 Å². The maximum atomic E-state index is 12.2. The van der Waals surface area contributed by atoms with Gasteiger partial charge >= 0.3 is 5.97 Å². The number of hydrogen-bond acceptors (Lipinski definition) is 4. The second-order valence-corrected chi connectivity index (χ2v) is 7.85. The van der Waals surface area contributed by atoms with Crippen molar-refractivity contribution in [3.8, 4) is 11.5 Å².